The third kappa shape index (κ3) is 13.7. The molecule has 2 heterocycles. The van der Waals surface area contributed by atoms with Gasteiger partial charge in [-0.05, 0) is 35.9 Å². The molecule has 2 aliphatic heterocycles. The molecule has 10 unspecified atom stereocenters. The zero-order valence-corrected chi connectivity index (χ0v) is 33.5. The van der Waals surface area contributed by atoms with Crippen molar-refractivity contribution in [1.29, 1.82) is 0 Å². The average molecular weight is 843 g/mol. The van der Waals surface area contributed by atoms with E-state index in [2.05, 4.69) is 0 Å². The number of aliphatic carboxylic acids is 1. The first-order valence-electron chi connectivity index (χ1n) is 18.6. The van der Waals surface area contributed by atoms with Gasteiger partial charge in [-0.25, -0.2) is 0 Å². The minimum absolute atomic E-state index is 0.0972. The Labute approximate surface area is 344 Å². The van der Waals surface area contributed by atoms with Crippen molar-refractivity contribution >= 4 is 53.6 Å². The molecule has 2 saturated heterocycles. The Morgan fingerprint density at radius 1 is 0.583 bits per heavy atom. The average Bonchev–Trinajstić information content (AvgIpc) is 3.16. The predicted octanol–water partition coefficient (Wildman–Crippen LogP) is 2.74. The van der Waals surface area contributed by atoms with Crippen molar-refractivity contribution in [3.63, 3.8) is 0 Å². The van der Waals surface area contributed by atoms with Gasteiger partial charge >= 0.3 is 41.8 Å². The summed E-state index contributed by atoms with van der Waals surface area (Å²) in [6.45, 7) is 5.11. The van der Waals surface area contributed by atoms with E-state index < -0.39 is 123 Å². The maximum Gasteiger partial charge on any atom is 0.303 e. The van der Waals surface area contributed by atoms with E-state index in [9.17, 15) is 43.5 Å². The molecule has 0 spiro atoms. The number of carbonyl (C=O) groups excluding carboxylic acids is 7. The van der Waals surface area contributed by atoms with Gasteiger partial charge in [-0.1, -0.05) is 36.4 Å². The number of carbonyl (C=O) groups is 8. The first-order chi connectivity index (χ1) is 28.4. The molecule has 324 valence electrons. The second-order valence-electron chi connectivity index (χ2n) is 13.6. The fourth-order valence-electron chi connectivity index (χ4n) is 6.49. The predicted molar refractivity (Wildman–Crippen MR) is 200 cm³/mol. The van der Waals surface area contributed by atoms with Crippen LogP contribution in [0.25, 0.3) is 6.08 Å². The minimum atomic E-state index is -1.84. The molecule has 0 amide bonds. The first-order valence-corrected chi connectivity index (χ1v) is 18.6. The number of benzene rings is 2. The molecule has 0 aliphatic carbocycles. The van der Waals surface area contributed by atoms with Crippen LogP contribution in [-0.4, -0.2) is 121 Å². The van der Waals surface area contributed by atoms with Crippen molar-refractivity contribution in [3.05, 3.63) is 71.8 Å². The third-order valence-corrected chi connectivity index (χ3v) is 8.81. The molecule has 0 saturated carbocycles. The van der Waals surface area contributed by atoms with Gasteiger partial charge in [0.05, 0.1) is 12.5 Å². The summed E-state index contributed by atoms with van der Waals surface area (Å²) in [5, 5.41) is 10.2. The van der Waals surface area contributed by atoms with E-state index in [1.54, 1.807) is 6.08 Å². The lowest BCUT2D eigenvalue weighted by Gasteiger charge is -2.49. The van der Waals surface area contributed by atoms with Gasteiger partial charge in [0.2, 0.25) is 6.29 Å². The van der Waals surface area contributed by atoms with Crippen molar-refractivity contribution in [1.82, 2.24) is 0 Å². The van der Waals surface area contributed by atoms with Crippen molar-refractivity contribution in [2.45, 2.75) is 103 Å². The second kappa shape index (κ2) is 21.7. The highest BCUT2D eigenvalue weighted by Crippen LogP contribution is 2.38. The lowest BCUT2D eigenvalue weighted by atomic mass is 9.85. The molecule has 1 N–H and O–H groups in total. The molecular weight excluding hydrogens is 796 g/mol. The van der Waals surface area contributed by atoms with Gasteiger partial charge < -0.3 is 52.5 Å². The van der Waals surface area contributed by atoms with Gasteiger partial charge in [-0.2, -0.15) is 0 Å². The number of ketones is 1. The Morgan fingerprint density at radius 2 is 1.08 bits per heavy atom. The summed E-state index contributed by atoms with van der Waals surface area (Å²) in [6, 6.07) is 15.0. The summed E-state index contributed by atoms with van der Waals surface area (Å²) >= 11 is 0. The fourth-order valence-corrected chi connectivity index (χ4v) is 6.49. The highest BCUT2D eigenvalue weighted by atomic mass is 16.8. The maximum atomic E-state index is 12.9. The van der Waals surface area contributed by atoms with Gasteiger partial charge in [-0.3, -0.25) is 38.4 Å². The fraction of sp³-hybridized carbons (Fsp3) is 0.463. The summed E-state index contributed by atoms with van der Waals surface area (Å²) in [7, 11) is 0. The Balaban J connectivity index is 1.75. The van der Waals surface area contributed by atoms with Crippen LogP contribution in [0.2, 0.25) is 0 Å². The Kier molecular flexibility index (Phi) is 16.8. The van der Waals surface area contributed by atoms with Gasteiger partial charge in [0, 0.05) is 53.0 Å². The molecule has 2 fully saturated rings. The number of hydrogen-bond donors (Lipinski definition) is 1. The zero-order valence-electron chi connectivity index (χ0n) is 33.5. The van der Waals surface area contributed by atoms with Crippen LogP contribution in [0.1, 0.15) is 63.9 Å². The highest BCUT2D eigenvalue weighted by molar-refractivity contribution is 6.06. The molecule has 2 aromatic rings. The van der Waals surface area contributed by atoms with Crippen LogP contribution < -0.4 is 4.74 Å². The standard InChI is InChI=1S/C41H46O19/c1-21(42)51-19-32-35(60-41-39(56-26(6)47)38(55-25(5)46)37(54-24(4)45)33(59-41)20-52-22(2)43)30(18-34(49)50)36(53-23(3)44)40(58-32)57-29-15-13-28(14-16-29)31(48)17-12-27-10-8-7-9-11-27/h7-17,30,32-33,35-41H,18-20H2,1-6H3,(H,49,50). The number of ether oxygens (including phenoxy) is 10. The van der Waals surface area contributed by atoms with Crippen molar-refractivity contribution in [3.8, 4) is 5.75 Å². The normalized spacial score (nSPS) is 26.2. The van der Waals surface area contributed by atoms with E-state index in [1.165, 1.54) is 30.3 Å². The van der Waals surface area contributed by atoms with Crippen LogP contribution in [0, 0.1) is 5.92 Å². The molecule has 2 aliphatic rings. The summed E-state index contributed by atoms with van der Waals surface area (Å²) in [5.41, 5.74) is 1.11. The van der Waals surface area contributed by atoms with Gasteiger partial charge in [0.25, 0.3) is 0 Å². The Hall–Kier alpha value is -6.18. The molecular formula is C41H46O19. The molecule has 2 aromatic carbocycles. The largest absolute Gasteiger partial charge is 0.481 e. The molecule has 4 rings (SSSR count). The van der Waals surface area contributed by atoms with Crippen LogP contribution in [0.5, 0.6) is 5.75 Å². The number of rotatable bonds is 17. The SMILES string of the molecule is CC(=O)OCC1OC(Oc2ccc(C(=O)C=Cc3ccccc3)cc2)C(OC(C)=O)C(CC(=O)O)C1OC1OC(COC(C)=O)C(OC(C)=O)C(OC(C)=O)C1OC(C)=O. The number of carboxylic acid groups (broad SMARTS) is 1. The van der Waals surface area contributed by atoms with Crippen LogP contribution >= 0.6 is 0 Å². The number of allylic oxidation sites excluding steroid dienone is 1. The molecule has 19 nitrogen and oxygen atoms in total. The smallest absolute Gasteiger partial charge is 0.303 e. The zero-order chi connectivity index (χ0) is 44.1. The second-order valence-corrected chi connectivity index (χ2v) is 13.6. The highest BCUT2D eigenvalue weighted by Gasteiger charge is 2.57. The summed E-state index contributed by atoms with van der Waals surface area (Å²) in [6.07, 6.45) is -12.2. The van der Waals surface area contributed by atoms with Crippen LogP contribution in [0.15, 0.2) is 60.7 Å². The summed E-state index contributed by atoms with van der Waals surface area (Å²) < 4.78 is 57.2. The molecule has 19 heteroatoms. The van der Waals surface area contributed by atoms with Gasteiger partial charge in [-0.15, -0.1) is 0 Å². The van der Waals surface area contributed by atoms with Gasteiger partial charge in [0.15, 0.2) is 36.5 Å². The van der Waals surface area contributed by atoms with E-state index >= 15 is 0 Å². The number of carboxylic acids is 1. The van der Waals surface area contributed by atoms with Crippen LogP contribution in [-0.2, 0) is 76.2 Å². The van der Waals surface area contributed by atoms with Crippen molar-refractivity contribution < 1.29 is 90.8 Å². The van der Waals surface area contributed by atoms with Crippen molar-refractivity contribution in [2.24, 2.45) is 5.92 Å². The number of esters is 6. The van der Waals surface area contributed by atoms with Crippen molar-refractivity contribution in [2.75, 3.05) is 13.2 Å². The first kappa shape index (κ1) is 46.5. The van der Waals surface area contributed by atoms with E-state index in [0.29, 0.717) is 5.56 Å². The summed E-state index contributed by atoms with van der Waals surface area (Å²) in [5.74, 6) is -8.23. The molecule has 0 aromatic heterocycles. The minimum Gasteiger partial charge on any atom is -0.481 e. The topological polar surface area (TPSA) is 249 Å². The lowest BCUT2D eigenvalue weighted by Crippen LogP contribution is -2.66. The van der Waals surface area contributed by atoms with E-state index in [1.807, 2.05) is 30.3 Å². The Morgan fingerprint density at radius 3 is 1.62 bits per heavy atom. The third-order valence-electron chi connectivity index (χ3n) is 8.81. The van der Waals surface area contributed by atoms with Crippen LogP contribution in [0.3, 0.4) is 0 Å². The van der Waals surface area contributed by atoms with Crippen LogP contribution in [0.4, 0.5) is 0 Å². The van der Waals surface area contributed by atoms with E-state index in [-0.39, 0.29) is 11.5 Å². The van der Waals surface area contributed by atoms with Gasteiger partial charge in [0.1, 0.15) is 31.2 Å². The quantitative estimate of drug-likeness (QED) is 0.104. The molecule has 60 heavy (non-hydrogen) atoms. The Bertz CT molecular complexity index is 1890. The maximum absolute atomic E-state index is 12.9. The molecule has 0 bridgehead atoms. The number of hydrogen-bond acceptors (Lipinski definition) is 18. The summed E-state index contributed by atoms with van der Waals surface area (Å²) in [4.78, 5) is 99.0. The molecule has 10 atom stereocenters. The molecule has 0 radical (unpaired) electrons. The van der Waals surface area contributed by atoms with E-state index in [4.69, 9.17) is 47.4 Å². The monoisotopic (exact) mass is 842 g/mol. The van der Waals surface area contributed by atoms with E-state index in [0.717, 1.165) is 47.1 Å². The lowest BCUT2D eigenvalue weighted by molar-refractivity contribution is -0.349.